The standard InChI is InChI=1S/C12H19BrN2OS/c1-10-12(13)8-11(17-10)9-14-2-3-15-4-6-16-7-5-15/h8,14H,2-7,9H2,1H3. The lowest BCUT2D eigenvalue weighted by atomic mass is 10.4. The van der Waals surface area contributed by atoms with Gasteiger partial charge in [-0.25, -0.2) is 0 Å². The summed E-state index contributed by atoms with van der Waals surface area (Å²) >= 11 is 5.41. The molecule has 2 rings (SSSR count). The Balaban J connectivity index is 1.62. The van der Waals surface area contributed by atoms with Crippen LogP contribution in [0.3, 0.4) is 0 Å². The van der Waals surface area contributed by atoms with E-state index in [9.17, 15) is 0 Å². The summed E-state index contributed by atoms with van der Waals surface area (Å²) in [5, 5.41) is 3.50. The van der Waals surface area contributed by atoms with Crippen LogP contribution in [0.25, 0.3) is 0 Å². The van der Waals surface area contributed by atoms with Crippen molar-refractivity contribution in [3.63, 3.8) is 0 Å². The van der Waals surface area contributed by atoms with Crippen molar-refractivity contribution in [3.05, 3.63) is 20.3 Å². The molecule has 96 valence electrons. The van der Waals surface area contributed by atoms with Crippen molar-refractivity contribution < 1.29 is 4.74 Å². The lowest BCUT2D eigenvalue weighted by Crippen LogP contribution is -2.40. The molecule has 1 N–H and O–H groups in total. The van der Waals surface area contributed by atoms with Crippen LogP contribution in [0.4, 0.5) is 0 Å². The average Bonchev–Trinajstić information content (AvgIpc) is 2.66. The zero-order chi connectivity index (χ0) is 12.1. The molecular formula is C12H19BrN2OS. The molecule has 1 aliphatic rings. The van der Waals surface area contributed by atoms with E-state index >= 15 is 0 Å². The van der Waals surface area contributed by atoms with Crippen LogP contribution in [-0.2, 0) is 11.3 Å². The zero-order valence-corrected chi connectivity index (χ0v) is 12.6. The fourth-order valence-corrected chi connectivity index (χ4v) is 3.45. The highest BCUT2D eigenvalue weighted by Crippen LogP contribution is 2.25. The van der Waals surface area contributed by atoms with Gasteiger partial charge in [0.15, 0.2) is 0 Å². The van der Waals surface area contributed by atoms with E-state index in [1.807, 2.05) is 11.3 Å². The second kappa shape index (κ2) is 6.85. The van der Waals surface area contributed by atoms with Crippen LogP contribution in [0.15, 0.2) is 10.5 Å². The molecule has 1 aromatic rings. The summed E-state index contributed by atoms with van der Waals surface area (Å²) < 4.78 is 6.55. The fraction of sp³-hybridized carbons (Fsp3) is 0.667. The van der Waals surface area contributed by atoms with Crippen LogP contribution in [0.5, 0.6) is 0 Å². The first-order valence-corrected chi connectivity index (χ1v) is 7.62. The van der Waals surface area contributed by atoms with Gasteiger partial charge in [-0.15, -0.1) is 11.3 Å². The number of nitrogens with one attached hydrogen (secondary N) is 1. The molecule has 1 aromatic heterocycles. The summed E-state index contributed by atoms with van der Waals surface area (Å²) in [6, 6.07) is 2.21. The zero-order valence-electron chi connectivity index (χ0n) is 10.2. The van der Waals surface area contributed by atoms with Gasteiger partial charge in [0.25, 0.3) is 0 Å². The Morgan fingerprint density at radius 2 is 2.24 bits per heavy atom. The Morgan fingerprint density at radius 3 is 2.88 bits per heavy atom. The molecule has 0 saturated carbocycles. The van der Waals surface area contributed by atoms with E-state index in [0.29, 0.717) is 0 Å². The summed E-state index contributed by atoms with van der Waals surface area (Å²) in [6.07, 6.45) is 0. The van der Waals surface area contributed by atoms with Gasteiger partial charge in [0.1, 0.15) is 0 Å². The summed E-state index contributed by atoms with van der Waals surface area (Å²) in [5.74, 6) is 0. The Bertz CT molecular complexity index is 331. The molecule has 3 nitrogen and oxygen atoms in total. The molecule has 0 aliphatic carbocycles. The van der Waals surface area contributed by atoms with Crippen LogP contribution in [0, 0.1) is 6.92 Å². The lowest BCUT2D eigenvalue weighted by molar-refractivity contribution is 0.0384. The minimum atomic E-state index is 0.886. The Morgan fingerprint density at radius 1 is 1.47 bits per heavy atom. The normalized spacial score (nSPS) is 17.5. The SMILES string of the molecule is Cc1sc(CNCCN2CCOCC2)cc1Br. The van der Waals surface area contributed by atoms with Crippen LogP contribution in [-0.4, -0.2) is 44.3 Å². The number of halogens is 1. The fourth-order valence-electron chi connectivity index (χ4n) is 1.88. The van der Waals surface area contributed by atoms with Crippen molar-refractivity contribution >= 4 is 27.3 Å². The molecule has 17 heavy (non-hydrogen) atoms. The highest BCUT2D eigenvalue weighted by atomic mass is 79.9. The number of morpholine rings is 1. The summed E-state index contributed by atoms with van der Waals surface area (Å²) in [7, 11) is 0. The van der Waals surface area contributed by atoms with E-state index in [2.05, 4.69) is 39.1 Å². The van der Waals surface area contributed by atoms with Crippen molar-refractivity contribution in [2.75, 3.05) is 39.4 Å². The minimum Gasteiger partial charge on any atom is -0.379 e. The van der Waals surface area contributed by atoms with Crippen LogP contribution in [0.1, 0.15) is 9.75 Å². The first-order valence-electron chi connectivity index (χ1n) is 6.01. The maximum absolute atomic E-state index is 5.33. The first-order chi connectivity index (χ1) is 8.25. The van der Waals surface area contributed by atoms with Crippen molar-refractivity contribution in [2.45, 2.75) is 13.5 Å². The summed E-state index contributed by atoms with van der Waals surface area (Å²) in [6.45, 7) is 9.21. The first kappa shape index (κ1) is 13.5. The van der Waals surface area contributed by atoms with Gasteiger partial charge in [-0.05, 0) is 28.9 Å². The minimum absolute atomic E-state index is 0.886. The van der Waals surface area contributed by atoms with Crippen LogP contribution >= 0.6 is 27.3 Å². The van der Waals surface area contributed by atoms with E-state index < -0.39 is 0 Å². The van der Waals surface area contributed by atoms with E-state index in [-0.39, 0.29) is 0 Å². The van der Waals surface area contributed by atoms with Gasteiger partial charge in [-0.1, -0.05) is 0 Å². The third kappa shape index (κ3) is 4.34. The Labute approximate surface area is 115 Å². The molecule has 0 radical (unpaired) electrons. The van der Waals surface area contributed by atoms with Gasteiger partial charge in [-0.3, -0.25) is 4.90 Å². The second-order valence-electron chi connectivity index (χ2n) is 4.25. The monoisotopic (exact) mass is 318 g/mol. The number of thiophene rings is 1. The number of nitrogens with zero attached hydrogens (tertiary/aromatic N) is 1. The number of aryl methyl sites for hydroxylation is 1. The Kier molecular flexibility index (Phi) is 5.44. The summed E-state index contributed by atoms with van der Waals surface area (Å²) in [4.78, 5) is 5.21. The third-order valence-electron chi connectivity index (χ3n) is 2.92. The quantitative estimate of drug-likeness (QED) is 0.843. The number of rotatable bonds is 5. The van der Waals surface area contributed by atoms with E-state index in [1.165, 1.54) is 14.2 Å². The van der Waals surface area contributed by atoms with E-state index in [1.54, 1.807) is 0 Å². The molecular weight excluding hydrogens is 300 g/mol. The van der Waals surface area contributed by atoms with Crippen molar-refractivity contribution in [2.24, 2.45) is 0 Å². The number of ether oxygens (including phenoxy) is 1. The van der Waals surface area contributed by atoms with Gasteiger partial charge in [0, 0.05) is 47.0 Å². The molecule has 0 spiro atoms. The summed E-state index contributed by atoms with van der Waals surface area (Å²) in [5.41, 5.74) is 0. The van der Waals surface area contributed by atoms with Gasteiger partial charge >= 0.3 is 0 Å². The van der Waals surface area contributed by atoms with Crippen molar-refractivity contribution in [1.29, 1.82) is 0 Å². The molecule has 1 aliphatic heterocycles. The third-order valence-corrected chi connectivity index (χ3v) is 5.05. The highest BCUT2D eigenvalue weighted by Gasteiger charge is 2.09. The predicted octanol–water partition coefficient (Wildman–Crippen LogP) is 2.24. The lowest BCUT2D eigenvalue weighted by Gasteiger charge is -2.26. The van der Waals surface area contributed by atoms with Gasteiger partial charge < -0.3 is 10.1 Å². The molecule has 0 atom stereocenters. The second-order valence-corrected chi connectivity index (χ2v) is 6.44. The van der Waals surface area contributed by atoms with Crippen LogP contribution < -0.4 is 5.32 Å². The van der Waals surface area contributed by atoms with Crippen LogP contribution in [0.2, 0.25) is 0 Å². The van der Waals surface area contributed by atoms with Gasteiger partial charge in [0.05, 0.1) is 13.2 Å². The average molecular weight is 319 g/mol. The van der Waals surface area contributed by atoms with Crippen molar-refractivity contribution in [3.8, 4) is 0 Å². The highest BCUT2D eigenvalue weighted by molar-refractivity contribution is 9.10. The molecule has 0 amide bonds. The molecule has 0 bridgehead atoms. The Hall–Kier alpha value is 0.0600. The molecule has 0 unspecified atom stereocenters. The van der Waals surface area contributed by atoms with Crippen molar-refractivity contribution in [1.82, 2.24) is 10.2 Å². The molecule has 5 heteroatoms. The van der Waals surface area contributed by atoms with E-state index in [0.717, 1.165) is 45.9 Å². The maximum atomic E-state index is 5.33. The molecule has 2 heterocycles. The number of hydrogen-bond donors (Lipinski definition) is 1. The maximum Gasteiger partial charge on any atom is 0.0594 e. The number of hydrogen-bond acceptors (Lipinski definition) is 4. The van der Waals surface area contributed by atoms with E-state index in [4.69, 9.17) is 4.74 Å². The van der Waals surface area contributed by atoms with Gasteiger partial charge in [0.2, 0.25) is 0 Å². The van der Waals surface area contributed by atoms with Gasteiger partial charge in [-0.2, -0.15) is 0 Å². The molecule has 0 aromatic carbocycles. The topological polar surface area (TPSA) is 24.5 Å². The largest absolute Gasteiger partial charge is 0.379 e. The molecule has 1 saturated heterocycles. The predicted molar refractivity (Wildman–Crippen MR) is 75.7 cm³/mol. The molecule has 1 fully saturated rings. The smallest absolute Gasteiger partial charge is 0.0594 e.